The van der Waals surface area contributed by atoms with E-state index < -0.39 is 41.1 Å². The highest BCUT2D eigenvalue weighted by atomic mass is 19.4. The number of benzene rings is 1. The summed E-state index contributed by atoms with van der Waals surface area (Å²) in [5.41, 5.74) is -2.55. The highest BCUT2D eigenvalue weighted by molar-refractivity contribution is 5.91. The van der Waals surface area contributed by atoms with Gasteiger partial charge in [0.2, 0.25) is 5.91 Å². The lowest BCUT2D eigenvalue weighted by Crippen LogP contribution is -2.42. The average molecular weight is 436 g/mol. The van der Waals surface area contributed by atoms with Gasteiger partial charge in [-0.2, -0.15) is 13.2 Å². The summed E-state index contributed by atoms with van der Waals surface area (Å²) in [5.74, 6) is -0.738. The summed E-state index contributed by atoms with van der Waals surface area (Å²) in [7, 11) is 1.37. The molecule has 0 fully saturated rings. The van der Waals surface area contributed by atoms with E-state index in [4.69, 9.17) is 4.74 Å². The number of fused-ring (bicyclic) bond motifs is 1. The van der Waals surface area contributed by atoms with Crippen LogP contribution in [0.2, 0.25) is 0 Å². The number of hydrogen-bond acceptors (Lipinski definition) is 5. The number of amides is 1. The van der Waals surface area contributed by atoms with E-state index >= 15 is 0 Å². The Morgan fingerprint density at radius 2 is 1.90 bits per heavy atom. The van der Waals surface area contributed by atoms with Gasteiger partial charge in [0.25, 0.3) is 5.56 Å². The first kappa shape index (κ1) is 22.1. The molecule has 0 aliphatic carbocycles. The smallest absolute Gasteiger partial charge is 0.418 e. The number of anilines is 1. The summed E-state index contributed by atoms with van der Waals surface area (Å²) in [6.45, 7) is 2.86. The van der Waals surface area contributed by atoms with Crippen LogP contribution in [0.15, 0.2) is 40.1 Å². The number of nitrogens with one attached hydrogen (secondary N) is 1. The summed E-state index contributed by atoms with van der Waals surface area (Å²) < 4.78 is 46.7. The van der Waals surface area contributed by atoms with Crippen LogP contribution in [0.1, 0.15) is 18.1 Å². The summed E-state index contributed by atoms with van der Waals surface area (Å²) >= 11 is 0. The Morgan fingerprint density at radius 1 is 1.23 bits per heavy atom. The Balaban J connectivity index is 2.07. The van der Waals surface area contributed by atoms with Gasteiger partial charge in [-0.1, -0.05) is 12.1 Å². The van der Waals surface area contributed by atoms with Crippen LogP contribution in [0, 0.1) is 6.92 Å². The van der Waals surface area contributed by atoms with Crippen molar-refractivity contribution in [1.82, 2.24) is 14.1 Å². The lowest BCUT2D eigenvalue weighted by Gasteiger charge is -2.15. The first-order chi connectivity index (χ1) is 14.6. The molecule has 0 bridgehead atoms. The van der Waals surface area contributed by atoms with Crippen molar-refractivity contribution in [2.24, 2.45) is 7.05 Å². The molecule has 3 rings (SSSR count). The fraction of sp³-hybridized carbons (Fsp3) is 0.300. The molecule has 0 aliphatic heterocycles. The van der Waals surface area contributed by atoms with Gasteiger partial charge in [-0.25, -0.2) is 14.3 Å². The Bertz CT molecular complexity index is 1280. The Labute approximate surface area is 173 Å². The Morgan fingerprint density at radius 3 is 2.55 bits per heavy atom. The lowest BCUT2D eigenvalue weighted by atomic mass is 10.1. The van der Waals surface area contributed by atoms with Crippen molar-refractivity contribution < 1.29 is 22.7 Å². The number of halogens is 3. The molecule has 2 heterocycles. The van der Waals surface area contributed by atoms with Crippen molar-refractivity contribution in [3.05, 3.63) is 62.4 Å². The van der Waals surface area contributed by atoms with Gasteiger partial charge in [0.1, 0.15) is 17.7 Å². The van der Waals surface area contributed by atoms with Crippen LogP contribution in [-0.4, -0.2) is 26.6 Å². The van der Waals surface area contributed by atoms with Crippen molar-refractivity contribution in [2.75, 3.05) is 11.9 Å². The molecule has 3 aromatic rings. The number of carbonyl (C=O) groups is 1. The van der Waals surface area contributed by atoms with Crippen LogP contribution in [0.5, 0.6) is 5.75 Å². The molecule has 1 N–H and O–H groups in total. The van der Waals surface area contributed by atoms with Crippen LogP contribution in [-0.2, 0) is 24.6 Å². The van der Waals surface area contributed by atoms with Crippen LogP contribution in [0.4, 0.5) is 18.9 Å². The average Bonchev–Trinajstić information content (AvgIpc) is 2.70. The van der Waals surface area contributed by atoms with Crippen molar-refractivity contribution in [1.29, 1.82) is 0 Å². The summed E-state index contributed by atoms with van der Waals surface area (Å²) in [5, 5.41) is 2.13. The molecular weight excluding hydrogens is 417 g/mol. The molecule has 31 heavy (non-hydrogen) atoms. The van der Waals surface area contributed by atoms with Crippen molar-refractivity contribution >= 4 is 22.6 Å². The summed E-state index contributed by atoms with van der Waals surface area (Å²) in [4.78, 5) is 42.3. The zero-order valence-electron chi connectivity index (χ0n) is 16.9. The highest BCUT2D eigenvalue weighted by Gasteiger charge is 2.33. The minimum atomic E-state index is -4.69. The van der Waals surface area contributed by atoms with Gasteiger partial charge in [-0.05, 0) is 26.0 Å². The van der Waals surface area contributed by atoms with Crippen LogP contribution < -0.4 is 21.3 Å². The largest absolute Gasteiger partial charge is 0.493 e. The number of pyridine rings is 1. The van der Waals surface area contributed by atoms with Crippen molar-refractivity contribution in [3.8, 4) is 5.75 Å². The molecule has 0 radical (unpaired) electrons. The number of hydrogen-bond donors (Lipinski definition) is 1. The first-order valence-corrected chi connectivity index (χ1v) is 9.24. The zero-order chi connectivity index (χ0) is 22.9. The number of para-hydroxylation sites is 1. The van der Waals surface area contributed by atoms with Gasteiger partial charge in [0.05, 0.1) is 17.9 Å². The van der Waals surface area contributed by atoms with Gasteiger partial charge in [-0.15, -0.1) is 0 Å². The second kappa shape index (κ2) is 8.25. The predicted molar refractivity (Wildman–Crippen MR) is 107 cm³/mol. The Hall–Kier alpha value is -3.63. The topological polar surface area (TPSA) is 95.2 Å². The van der Waals surface area contributed by atoms with Crippen LogP contribution in [0.25, 0.3) is 11.0 Å². The van der Waals surface area contributed by atoms with E-state index in [-0.39, 0.29) is 23.4 Å². The van der Waals surface area contributed by atoms with E-state index in [1.54, 1.807) is 13.8 Å². The molecule has 164 valence electrons. The second-order valence-electron chi connectivity index (χ2n) is 6.73. The third-order valence-corrected chi connectivity index (χ3v) is 4.58. The normalized spacial score (nSPS) is 11.5. The quantitative estimate of drug-likeness (QED) is 0.663. The van der Waals surface area contributed by atoms with Crippen molar-refractivity contribution in [3.63, 3.8) is 0 Å². The molecule has 8 nitrogen and oxygen atoms in total. The standard InChI is InChI=1S/C20H19F3N4O4/c1-4-31-16-11(2)9-24-17-15(16)18(29)27(19(30)26(17)3)10-14(28)25-13-8-6-5-7-12(13)20(21,22)23/h5-9H,4,10H2,1-3H3,(H,25,28). The van der Waals surface area contributed by atoms with Gasteiger partial charge in [-0.3, -0.25) is 14.2 Å². The number of carbonyl (C=O) groups excluding carboxylic acids is 1. The zero-order valence-corrected chi connectivity index (χ0v) is 16.9. The van der Waals surface area contributed by atoms with Gasteiger partial charge in [0.15, 0.2) is 5.65 Å². The van der Waals surface area contributed by atoms with Crippen LogP contribution >= 0.6 is 0 Å². The molecule has 0 atom stereocenters. The highest BCUT2D eigenvalue weighted by Crippen LogP contribution is 2.34. The summed E-state index contributed by atoms with van der Waals surface area (Å²) in [6, 6.07) is 4.42. The van der Waals surface area contributed by atoms with E-state index in [9.17, 15) is 27.6 Å². The number of aryl methyl sites for hydroxylation is 2. The molecule has 11 heteroatoms. The SMILES string of the molecule is CCOc1c(C)cnc2c1c(=O)n(CC(=O)Nc1ccccc1C(F)(F)F)c(=O)n2C. The van der Waals surface area contributed by atoms with E-state index in [0.717, 1.165) is 16.7 Å². The lowest BCUT2D eigenvalue weighted by molar-refractivity contribution is -0.137. The minimum Gasteiger partial charge on any atom is -0.493 e. The predicted octanol–water partition coefficient (Wildman–Crippen LogP) is 2.46. The fourth-order valence-electron chi connectivity index (χ4n) is 3.16. The molecule has 0 saturated carbocycles. The maximum Gasteiger partial charge on any atom is 0.418 e. The fourth-order valence-corrected chi connectivity index (χ4v) is 3.16. The number of ether oxygens (including phenoxy) is 1. The van der Waals surface area contributed by atoms with E-state index in [1.807, 2.05) is 0 Å². The maximum absolute atomic E-state index is 13.2. The number of rotatable bonds is 5. The van der Waals surface area contributed by atoms with Crippen LogP contribution in [0.3, 0.4) is 0 Å². The monoisotopic (exact) mass is 436 g/mol. The van der Waals surface area contributed by atoms with Gasteiger partial charge >= 0.3 is 11.9 Å². The van der Waals surface area contributed by atoms with Gasteiger partial charge in [0, 0.05) is 18.8 Å². The van der Waals surface area contributed by atoms with E-state index in [0.29, 0.717) is 10.1 Å². The molecule has 0 saturated heterocycles. The number of aromatic nitrogens is 3. The maximum atomic E-state index is 13.2. The molecule has 0 unspecified atom stereocenters. The molecule has 1 amide bonds. The third-order valence-electron chi connectivity index (χ3n) is 4.58. The second-order valence-corrected chi connectivity index (χ2v) is 6.73. The van der Waals surface area contributed by atoms with Crippen molar-refractivity contribution in [2.45, 2.75) is 26.6 Å². The molecule has 0 aliphatic rings. The Kier molecular flexibility index (Phi) is 5.87. The van der Waals surface area contributed by atoms with E-state index in [2.05, 4.69) is 10.3 Å². The molecule has 2 aromatic heterocycles. The molecular formula is C20H19F3N4O4. The number of alkyl halides is 3. The molecule has 0 spiro atoms. The minimum absolute atomic E-state index is 0.00689. The van der Waals surface area contributed by atoms with E-state index in [1.165, 1.54) is 25.4 Å². The molecule has 1 aromatic carbocycles. The summed E-state index contributed by atoms with van der Waals surface area (Å²) in [6.07, 6.45) is -3.23. The van der Waals surface area contributed by atoms with Gasteiger partial charge < -0.3 is 10.1 Å². The first-order valence-electron chi connectivity index (χ1n) is 9.24. The third kappa shape index (κ3) is 4.16. The number of nitrogens with zero attached hydrogens (tertiary/aromatic N) is 3.